The van der Waals surface area contributed by atoms with Gasteiger partial charge in [0.25, 0.3) is 0 Å². The van der Waals surface area contributed by atoms with Crippen molar-refractivity contribution in [1.82, 2.24) is 4.98 Å². The molecule has 0 aliphatic carbocycles. The smallest absolute Gasteiger partial charge is 0.406 e. The van der Waals surface area contributed by atoms with Gasteiger partial charge in [0.15, 0.2) is 6.20 Å². The van der Waals surface area contributed by atoms with E-state index in [9.17, 15) is 10.1 Å². The highest BCUT2D eigenvalue weighted by molar-refractivity contribution is 9.10. The van der Waals surface area contributed by atoms with E-state index in [4.69, 9.17) is 4.74 Å². The first kappa shape index (κ1) is 13.5. The van der Waals surface area contributed by atoms with Crippen LogP contribution in [0.1, 0.15) is 18.6 Å². The summed E-state index contributed by atoms with van der Waals surface area (Å²) in [6.45, 7) is 1.83. The third-order valence-corrected chi connectivity index (χ3v) is 2.98. The van der Waals surface area contributed by atoms with Gasteiger partial charge in [0.05, 0.1) is 4.47 Å². The number of halogens is 1. The van der Waals surface area contributed by atoms with Gasteiger partial charge in [-0.15, -0.1) is 0 Å². The molecule has 1 aromatic carbocycles. The zero-order valence-electron chi connectivity index (χ0n) is 10.1. The molecular formula is C13H11BrN2O3. The van der Waals surface area contributed by atoms with Crippen molar-refractivity contribution in [2.45, 2.75) is 13.0 Å². The van der Waals surface area contributed by atoms with Crippen molar-refractivity contribution in [2.24, 2.45) is 0 Å². The summed E-state index contributed by atoms with van der Waals surface area (Å²) in [5.74, 6) is -0.137. The highest BCUT2D eigenvalue weighted by Gasteiger charge is 2.20. The Labute approximate surface area is 118 Å². The summed E-state index contributed by atoms with van der Waals surface area (Å²) in [6, 6.07) is 11.0. The molecular weight excluding hydrogens is 312 g/mol. The fraction of sp³-hybridized carbons (Fsp3) is 0.154. The highest BCUT2D eigenvalue weighted by atomic mass is 79.9. The normalized spacial score (nSPS) is 11.9. The largest absolute Gasteiger partial charge is 0.478 e. The second-order valence-corrected chi connectivity index (χ2v) is 4.82. The minimum Gasteiger partial charge on any atom is -0.478 e. The maximum absolute atomic E-state index is 10.9. The second-order valence-electron chi connectivity index (χ2n) is 3.90. The van der Waals surface area contributed by atoms with Crippen LogP contribution in [0, 0.1) is 10.1 Å². The zero-order chi connectivity index (χ0) is 13.8. The molecule has 0 fully saturated rings. The Morgan fingerprint density at radius 3 is 2.68 bits per heavy atom. The molecule has 6 heteroatoms. The van der Waals surface area contributed by atoms with Crippen molar-refractivity contribution >= 4 is 21.7 Å². The summed E-state index contributed by atoms with van der Waals surface area (Å²) in [5, 5.41) is 10.9. The molecule has 0 aliphatic heterocycles. The van der Waals surface area contributed by atoms with Crippen molar-refractivity contribution < 1.29 is 9.66 Å². The number of nitrogens with zero attached hydrogens (tertiary/aromatic N) is 2. The lowest BCUT2D eigenvalue weighted by atomic mass is 10.1. The molecule has 0 saturated carbocycles. The van der Waals surface area contributed by atoms with E-state index in [1.165, 1.54) is 6.20 Å². The summed E-state index contributed by atoms with van der Waals surface area (Å²) >= 11 is 3.23. The number of pyridine rings is 1. The molecule has 2 aromatic rings. The maximum Gasteiger partial charge on any atom is 0.406 e. The fourth-order valence-electron chi connectivity index (χ4n) is 1.62. The Hall–Kier alpha value is -1.95. The number of hydrogen-bond donors (Lipinski definition) is 0. The van der Waals surface area contributed by atoms with Gasteiger partial charge in [0.2, 0.25) is 5.75 Å². The minimum absolute atomic E-state index is 0.149. The highest BCUT2D eigenvalue weighted by Crippen LogP contribution is 2.31. The van der Waals surface area contributed by atoms with Crippen LogP contribution in [0.5, 0.6) is 5.75 Å². The van der Waals surface area contributed by atoms with Crippen LogP contribution in [-0.2, 0) is 0 Å². The van der Waals surface area contributed by atoms with Gasteiger partial charge in [-0.25, -0.2) is 0 Å². The van der Waals surface area contributed by atoms with Gasteiger partial charge in [-0.05, 0) is 38.3 Å². The Morgan fingerprint density at radius 1 is 1.37 bits per heavy atom. The molecule has 98 valence electrons. The van der Waals surface area contributed by atoms with E-state index in [1.807, 2.05) is 37.3 Å². The molecule has 2 rings (SSSR count). The number of aromatic nitrogens is 1. The summed E-state index contributed by atoms with van der Waals surface area (Å²) in [4.78, 5) is 14.1. The van der Waals surface area contributed by atoms with Gasteiger partial charge >= 0.3 is 5.82 Å². The predicted octanol–water partition coefficient (Wildman–Crippen LogP) is 3.89. The van der Waals surface area contributed by atoms with Crippen LogP contribution in [0.2, 0.25) is 0 Å². The molecule has 1 heterocycles. The first-order chi connectivity index (χ1) is 9.08. The van der Waals surface area contributed by atoms with Crippen LogP contribution in [0.4, 0.5) is 5.82 Å². The standard InChI is InChI=1S/C13H11BrN2O3/c1-9(10-5-3-2-4-6-10)19-12-7-11(14)8-15-13(12)16(17)18/h2-9H,1H3/t9-/m1/s1. The third-order valence-electron chi connectivity index (χ3n) is 2.55. The molecule has 19 heavy (non-hydrogen) atoms. The number of ether oxygens (including phenoxy) is 1. The minimum atomic E-state index is -0.556. The summed E-state index contributed by atoms with van der Waals surface area (Å²) in [6.07, 6.45) is 1.08. The van der Waals surface area contributed by atoms with E-state index in [0.717, 1.165) is 5.56 Å². The van der Waals surface area contributed by atoms with Crippen molar-refractivity contribution in [3.05, 3.63) is 62.7 Å². The number of nitro groups is 1. The van der Waals surface area contributed by atoms with Crippen LogP contribution in [0.3, 0.4) is 0 Å². The van der Waals surface area contributed by atoms with Crippen LogP contribution in [-0.4, -0.2) is 9.91 Å². The second kappa shape index (κ2) is 5.79. The topological polar surface area (TPSA) is 65.3 Å². The molecule has 0 N–H and O–H groups in total. The van der Waals surface area contributed by atoms with Crippen molar-refractivity contribution in [3.8, 4) is 5.75 Å². The van der Waals surface area contributed by atoms with E-state index in [2.05, 4.69) is 20.9 Å². The molecule has 0 bridgehead atoms. The Morgan fingerprint density at radius 2 is 2.05 bits per heavy atom. The van der Waals surface area contributed by atoms with E-state index in [1.54, 1.807) is 6.07 Å². The van der Waals surface area contributed by atoms with Gasteiger partial charge in [-0.2, -0.15) is 0 Å². The number of benzene rings is 1. The van der Waals surface area contributed by atoms with Crippen molar-refractivity contribution in [1.29, 1.82) is 0 Å². The SMILES string of the molecule is C[C@@H](Oc1cc(Br)cnc1[N+](=O)[O-])c1ccccc1. The molecule has 0 spiro atoms. The number of hydrogen-bond acceptors (Lipinski definition) is 4. The maximum atomic E-state index is 10.9. The lowest BCUT2D eigenvalue weighted by molar-refractivity contribution is -0.390. The summed E-state index contributed by atoms with van der Waals surface area (Å²) < 4.78 is 6.27. The number of rotatable bonds is 4. The first-order valence-electron chi connectivity index (χ1n) is 5.59. The molecule has 0 unspecified atom stereocenters. The average molecular weight is 323 g/mol. The monoisotopic (exact) mass is 322 g/mol. The van der Waals surface area contributed by atoms with E-state index < -0.39 is 4.92 Å². The summed E-state index contributed by atoms with van der Waals surface area (Å²) in [5.41, 5.74) is 0.941. The molecule has 5 nitrogen and oxygen atoms in total. The van der Waals surface area contributed by atoms with Crippen LogP contribution >= 0.6 is 15.9 Å². The van der Waals surface area contributed by atoms with Crippen LogP contribution in [0.25, 0.3) is 0 Å². The lowest BCUT2D eigenvalue weighted by Crippen LogP contribution is -2.05. The molecule has 0 saturated heterocycles. The van der Waals surface area contributed by atoms with E-state index in [0.29, 0.717) is 4.47 Å². The summed E-state index contributed by atoms with van der Waals surface area (Å²) in [7, 11) is 0. The van der Waals surface area contributed by atoms with Gasteiger partial charge in [0, 0.05) is 6.07 Å². The first-order valence-corrected chi connectivity index (χ1v) is 6.39. The predicted molar refractivity (Wildman–Crippen MR) is 74.1 cm³/mol. The van der Waals surface area contributed by atoms with Gasteiger partial charge in [-0.3, -0.25) is 0 Å². The molecule has 1 aromatic heterocycles. The van der Waals surface area contributed by atoms with Crippen molar-refractivity contribution in [3.63, 3.8) is 0 Å². The molecule has 1 atom stereocenters. The Balaban J connectivity index is 2.28. The van der Waals surface area contributed by atoms with E-state index in [-0.39, 0.29) is 17.7 Å². The molecule has 0 amide bonds. The third kappa shape index (κ3) is 3.29. The van der Waals surface area contributed by atoms with Gasteiger partial charge in [-0.1, -0.05) is 30.3 Å². The fourth-order valence-corrected chi connectivity index (χ4v) is 1.93. The average Bonchev–Trinajstić information content (AvgIpc) is 2.39. The lowest BCUT2D eigenvalue weighted by Gasteiger charge is -2.14. The van der Waals surface area contributed by atoms with Crippen LogP contribution < -0.4 is 4.74 Å². The Bertz CT molecular complexity index is 590. The molecule has 0 aliphatic rings. The van der Waals surface area contributed by atoms with E-state index >= 15 is 0 Å². The van der Waals surface area contributed by atoms with Crippen molar-refractivity contribution in [2.75, 3.05) is 0 Å². The van der Waals surface area contributed by atoms with Gasteiger partial charge in [0.1, 0.15) is 6.10 Å². The quantitative estimate of drug-likeness (QED) is 0.632. The zero-order valence-corrected chi connectivity index (χ0v) is 11.7. The Kier molecular flexibility index (Phi) is 4.11. The van der Waals surface area contributed by atoms with Crippen LogP contribution in [0.15, 0.2) is 47.1 Å². The molecule has 0 radical (unpaired) electrons. The van der Waals surface area contributed by atoms with Gasteiger partial charge < -0.3 is 14.9 Å².